The average molecular weight is 697 g/mol. The van der Waals surface area contributed by atoms with Crippen molar-refractivity contribution in [1.29, 1.82) is 0 Å². The third-order valence-electron chi connectivity index (χ3n) is 6.94. The van der Waals surface area contributed by atoms with Crippen LogP contribution in [0.2, 0.25) is 0 Å². The standard InChI is InChI=1S/C29H38N6O5S.C2HF3O2/c1-18-7-8-19(13-24(18)40-26-16-25(31-17-32-26)33-21-9-11-30-12-10-21)28(36)34-22-14-20(29(2,3)4)15-23(27(22)39-5)35-41(6,37)38;3-2(4,5)1(6)7/h7-8,13-17,21,30,35H,9-12H2,1-6H3,(H,34,36)(H,31,32,33);(H,6,7). The van der Waals surface area contributed by atoms with E-state index in [9.17, 15) is 26.4 Å². The quantitative estimate of drug-likeness (QED) is 0.196. The van der Waals surface area contributed by atoms with Gasteiger partial charge in [0.2, 0.25) is 15.9 Å². The van der Waals surface area contributed by atoms with Crippen molar-refractivity contribution in [2.45, 2.75) is 58.2 Å². The number of carbonyl (C=O) groups excluding carboxylic acids is 1. The molecule has 0 saturated carbocycles. The zero-order valence-corrected chi connectivity index (χ0v) is 28.1. The number of alkyl halides is 3. The number of piperidine rings is 1. The fourth-order valence-corrected chi connectivity index (χ4v) is 5.01. The van der Waals surface area contributed by atoms with Crippen LogP contribution in [0.25, 0.3) is 0 Å². The Bertz CT molecular complexity index is 1720. The summed E-state index contributed by atoms with van der Waals surface area (Å²) >= 11 is 0. The molecule has 1 aliphatic rings. The Morgan fingerprint density at radius 2 is 1.65 bits per heavy atom. The molecule has 2 heterocycles. The number of nitrogens with one attached hydrogen (secondary N) is 4. The van der Waals surface area contributed by atoms with Crippen LogP contribution in [0.1, 0.15) is 55.1 Å². The minimum atomic E-state index is -5.08. The third kappa shape index (κ3) is 11.3. The highest BCUT2D eigenvalue weighted by atomic mass is 32.2. The van der Waals surface area contributed by atoms with Crippen LogP contribution in [-0.4, -0.2) is 74.0 Å². The van der Waals surface area contributed by atoms with E-state index in [4.69, 9.17) is 19.4 Å². The number of aliphatic carboxylic acids is 1. The number of rotatable bonds is 9. The van der Waals surface area contributed by atoms with Crippen LogP contribution in [0.4, 0.5) is 30.4 Å². The number of halogens is 3. The lowest BCUT2D eigenvalue weighted by atomic mass is 9.86. The summed E-state index contributed by atoms with van der Waals surface area (Å²) in [5.74, 6) is -1.46. The topological polar surface area (TPSA) is 181 Å². The van der Waals surface area contributed by atoms with E-state index in [1.54, 1.807) is 36.4 Å². The zero-order valence-electron chi connectivity index (χ0n) is 27.3. The number of carboxylic acid groups (broad SMARTS) is 1. The monoisotopic (exact) mass is 696 g/mol. The highest BCUT2D eigenvalue weighted by molar-refractivity contribution is 7.92. The van der Waals surface area contributed by atoms with Gasteiger partial charge in [0.15, 0.2) is 5.75 Å². The first-order valence-corrected chi connectivity index (χ1v) is 16.6. The Balaban J connectivity index is 0.000000804. The molecule has 1 amide bonds. The molecular formula is C31H39F3N6O7S. The minimum Gasteiger partial charge on any atom is -0.492 e. The first-order chi connectivity index (χ1) is 22.3. The van der Waals surface area contributed by atoms with E-state index in [1.165, 1.54) is 13.4 Å². The lowest BCUT2D eigenvalue weighted by Gasteiger charge is -2.24. The summed E-state index contributed by atoms with van der Waals surface area (Å²) in [6.07, 6.45) is -0.564. The normalized spacial score (nSPS) is 13.9. The Labute approximate surface area is 276 Å². The SMILES string of the molecule is COc1c(NC(=O)c2ccc(C)c(Oc3cc(NC4CCNCC4)ncn3)c2)cc(C(C)(C)C)cc1NS(C)(=O)=O.O=C(O)C(F)(F)F. The number of ether oxygens (including phenoxy) is 2. The minimum absolute atomic E-state index is 0.204. The second-order valence-corrected chi connectivity index (χ2v) is 13.7. The van der Waals surface area contributed by atoms with Gasteiger partial charge < -0.3 is 30.5 Å². The fraction of sp³-hybridized carbons (Fsp3) is 0.419. The van der Waals surface area contributed by atoms with E-state index in [1.807, 2.05) is 27.7 Å². The fourth-order valence-electron chi connectivity index (χ4n) is 4.46. The van der Waals surface area contributed by atoms with Crippen LogP contribution < -0.4 is 30.1 Å². The molecule has 2 aromatic carbocycles. The predicted octanol–water partition coefficient (Wildman–Crippen LogP) is 5.30. The number of hydrogen-bond donors (Lipinski definition) is 5. The van der Waals surface area contributed by atoms with Crippen molar-refractivity contribution in [3.63, 3.8) is 0 Å². The van der Waals surface area contributed by atoms with Crippen molar-refractivity contribution in [3.8, 4) is 17.4 Å². The summed E-state index contributed by atoms with van der Waals surface area (Å²) in [6, 6.07) is 10.7. The first-order valence-electron chi connectivity index (χ1n) is 14.7. The summed E-state index contributed by atoms with van der Waals surface area (Å²) < 4.78 is 69.9. The Kier molecular flexibility index (Phi) is 12.2. The molecule has 1 aromatic heterocycles. The summed E-state index contributed by atoms with van der Waals surface area (Å²) in [5, 5.41) is 16.8. The van der Waals surface area contributed by atoms with Crippen LogP contribution in [0, 0.1) is 6.92 Å². The number of amides is 1. The second-order valence-electron chi connectivity index (χ2n) is 12.0. The first kappa shape index (κ1) is 37.8. The number of anilines is 3. The number of aromatic nitrogens is 2. The second kappa shape index (κ2) is 15.5. The van der Waals surface area contributed by atoms with Crippen molar-refractivity contribution in [3.05, 3.63) is 59.4 Å². The molecule has 0 bridgehead atoms. The number of nitrogens with zero attached hydrogens (tertiary/aromatic N) is 2. The molecule has 1 aliphatic heterocycles. The van der Waals surface area contributed by atoms with Crippen LogP contribution >= 0.6 is 0 Å². The predicted molar refractivity (Wildman–Crippen MR) is 175 cm³/mol. The molecule has 13 nitrogen and oxygen atoms in total. The smallest absolute Gasteiger partial charge is 0.490 e. The van der Waals surface area contributed by atoms with Gasteiger partial charge >= 0.3 is 12.1 Å². The zero-order chi connectivity index (χ0) is 35.9. The molecule has 1 fully saturated rings. The van der Waals surface area contributed by atoms with Crippen molar-refractivity contribution in [1.82, 2.24) is 15.3 Å². The van der Waals surface area contributed by atoms with Gasteiger partial charge in [-0.05, 0) is 73.7 Å². The maximum atomic E-state index is 13.4. The van der Waals surface area contributed by atoms with E-state index < -0.39 is 28.1 Å². The van der Waals surface area contributed by atoms with Gasteiger partial charge in [-0.1, -0.05) is 26.8 Å². The molecule has 0 unspecified atom stereocenters. The van der Waals surface area contributed by atoms with Crippen LogP contribution in [-0.2, 0) is 20.2 Å². The van der Waals surface area contributed by atoms with Crippen molar-refractivity contribution in [2.75, 3.05) is 41.8 Å². The molecule has 1 saturated heterocycles. The van der Waals surface area contributed by atoms with Gasteiger partial charge in [0.1, 0.15) is 17.9 Å². The van der Waals surface area contributed by atoms with Crippen molar-refractivity contribution < 1.29 is 45.8 Å². The third-order valence-corrected chi connectivity index (χ3v) is 7.53. The van der Waals surface area contributed by atoms with Gasteiger partial charge in [-0.15, -0.1) is 0 Å². The molecule has 0 spiro atoms. The lowest BCUT2D eigenvalue weighted by Crippen LogP contribution is -2.35. The van der Waals surface area contributed by atoms with Gasteiger partial charge in [-0.25, -0.2) is 23.2 Å². The maximum absolute atomic E-state index is 13.4. The molecule has 262 valence electrons. The van der Waals surface area contributed by atoms with E-state index >= 15 is 0 Å². The number of aryl methyl sites for hydroxylation is 1. The highest BCUT2D eigenvalue weighted by Gasteiger charge is 2.38. The molecule has 0 radical (unpaired) electrons. The van der Waals surface area contributed by atoms with Crippen LogP contribution in [0.5, 0.6) is 17.4 Å². The Morgan fingerprint density at radius 3 is 2.21 bits per heavy atom. The lowest BCUT2D eigenvalue weighted by molar-refractivity contribution is -0.192. The summed E-state index contributed by atoms with van der Waals surface area (Å²) in [7, 11) is -2.18. The van der Waals surface area contributed by atoms with E-state index in [0.29, 0.717) is 34.7 Å². The van der Waals surface area contributed by atoms with Crippen LogP contribution in [0.3, 0.4) is 0 Å². The van der Waals surface area contributed by atoms with Gasteiger partial charge in [-0.3, -0.25) is 9.52 Å². The number of benzene rings is 2. The molecule has 0 atom stereocenters. The van der Waals surface area contributed by atoms with Gasteiger partial charge in [-0.2, -0.15) is 13.2 Å². The van der Waals surface area contributed by atoms with Gasteiger partial charge in [0, 0.05) is 17.7 Å². The van der Waals surface area contributed by atoms with Crippen molar-refractivity contribution in [2.24, 2.45) is 0 Å². The van der Waals surface area contributed by atoms with Crippen LogP contribution in [0.15, 0.2) is 42.7 Å². The average Bonchev–Trinajstić information content (AvgIpc) is 2.97. The van der Waals surface area contributed by atoms with E-state index in [0.717, 1.165) is 43.3 Å². The van der Waals surface area contributed by atoms with Gasteiger partial charge in [0.05, 0.1) is 24.7 Å². The van der Waals surface area contributed by atoms with E-state index in [-0.39, 0.29) is 16.9 Å². The Morgan fingerprint density at radius 1 is 1.02 bits per heavy atom. The summed E-state index contributed by atoms with van der Waals surface area (Å²) in [6.45, 7) is 9.79. The molecule has 0 aliphatic carbocycles. The highest BCUT2D eigenvalue weighted by Crippen LogP contribution is 2.39. The summed E-state index contributed by atoms with van der Waals surface area (Å²) in [4.78, 5) is 30.9. The maximum Gasteiger partial charge on any atom is 0.490 e. The molecule has 17 heteroatoms. The molecule has 48 heavy (non-hydrogen) atoms. The molecule has 5 N–H and O–H groups in total. The molecule has 3 aromatic rings. The Hall–Kier alpha value is -4.64. The summed E-state index contributed by atoms with van der Waals surface area (Å²) in [5.41, 5.74) is 2.22. The van der Waals surface area contributed by atoms with E-state index in [2.05, 4.69) is 30.6 Å². The number of carboxylic acids is 1. The van der Waals surface area contributed by atoms with Gasteiger partial charge in [0.25, 0.3) is 5.91 Å². The number of sulfonamides is 1. The molecular weight excluding hydrogens is 657 g/mol. The number of hydrogen-bond acceptors (Lipinski definition) is 10. The number of methoxy groups -OCH3 is 1. The number of carbonyl (C=O) groups is 2. The van der Waals surface area contributed by atoms with Crippen molar-refractivity contribution >= 4 is 39.1 Å². The molecule has 4 rings (SSSR count). The largest absolute Gasteiger partial charge is 0.492 e.